The summed E-state index contributed by atoms with van der Waals surface area (Å²) < 4.78 is 18.4. The normalized spacial score (nSPS) is 19.4. The molecule has 0 bridgehead atoms. The fourth-order valence-electron chi connectivity index (χ4n) is 1.63. The Balaban J connectivity index is 1.95. The van der Waals surface area contributed by atoms with Crippen LogP contribution in [-0.2, 0) is 11.2 Å². The van der Waals surface area contributed by atoms with Gasteiger partial charge in [-0.15, -0.1) is 0 Å². The first-order valence-electron chi connectivity index (χ1n) is 5.05. The maximum Gasteiger partial charge on any atom is 0.282 e. The summed E-state index contributed by atoms with van der Waals surface area (Å²) in [5.41, 5.74) is 6.02. The first-order chi connectivity index (χ1) is 7.65. The van der Waals surface area contributed by atoms with Gasteiger partial charge >= 0.3 is 0 Å². The molecule has 0 aliphatic carbocycles. The number of amidine groups is 1. The van der Waals surface area contributed by atoms with Crippen LogP contribution in [0.4, 0.5) is 4.39 Å². The van der Waals surface area contributed by atoms with Gasteiger partial charge in [0.05, 0.1) is 6.04 Å². The summed E-state index contributed by atoms with van der Waals surface area (Å²) in [6, 6.07) is 4.96. The lowest BCUT2D eigenvalue weighted by molar-refractivity contribution is 0.307. The molecule has 1 aliphatic heterocycles. The molecule has 3 nitrogen and oxygen atoms in total. The maximum absolute atomic E-state index is 13.4. The van der Waals surface area contributed by atoms with Crippen molar-refractivity contribution in [2.75, 3.05) is 6.61 Å². The van der Waals surface area contributed by atoms with E-state index in [0.717, 1.165) is 6.42 Å². The number of nitrogens with two attached hydrogens (primary N) is 1. The Kier molecular flexibility index (Phi) is 3.29. The third-order valence-corrected chi connectivity index (χ3v) is 2.73. The molecule has 2 rings (SSSR count). The third-order valence-electron chi connectivity index (χ3n) is 2.50. The highest BCUT2D eigenvalue weighted by atomic mass is 35.5. The molecule has 2 N–H and O–H groups in total. The average molecular weight is 243 g/mol. The molecule has 5 heteroatoms. The van der Waals surface area contributed by atoms with Gasteiger partial charge in [0.2, 0.25) is 0 Å². The van der Waals surface area contributed by atoms with E-state index in [1.54, 1.807) is 12.1 Å². The largest absolute Gasteiger partial charge is 0.463 e. The van der Waals surface area contributed by atoms with E-state index >= 15 is 0 Å². The van der Waals surface area contributed by atoms with Gasteiger partial charge < -0.3 is 10.5 Å². The molecule has 1 unspecified atom stereocenters. The molecule has 0 amide bonds. The van der Waals surface area contributed by atoms with Crippen LogP contribution in [0.1, 0.15) is 12.0 Å². The fraction of sp³-hybridized carbons (Fsp3) is 0.364. The minimum atomic E-state index is -0.275. The van der Waals surface area contributed by atoms with Crippen molar-refractivity contribution in [1.29, 1.82) is 0 Å². The zero-order valence-electron chi connectivity index (χ0n) is 8.62. The minimum Gasteiger partial charge on any atom is -0.463 e. The van der Waals surface area contributed by atoms with Gasteiger partial charge in [0.15, 0.2) is 0 Å². The lowest BCUT2D eigenvalue weighted by Gasteiger charge is -2.06. The Hall–Kier alpha value is -1.29. The van der Waals surface area contributed by atoms with E-state index in [9.17, 15) is 4.39 Å². The Labute approximate surface area is 98.1 Å². The van der Waals surface area contributed by atoms with Gasteiger partial charge in [0.25, 0.3) is 6.02 Å². The first-order valence-corrected chi connectivity index (χ1v) is 5.43. The van der Waals surface area contributed by atoms with Crippen LogP contribution in [0, 0.1) is 5.82 Å². The molecule has 0 fully saturated rings. The fourth-order valence-corrected chi connectivity index (χ4v) is 1.79. The quantitative estimate of drug-likeness (QED) is 0.883. The van der Waals surface area contributed by atoms with Crippen molar-refractivity contribution in [3.63, 3.8) is 0 Å². The summed E-state index contributed by atoms with van der Waals surface area (Å²) >= 11 is 5.66. The number of aryl methyl sites for hydroxylation is 1. The van der Waals surface area contributed by atoms with Crippen LogP contribution in [0.2, 0.25) is 5.02 Å². The van der Waals surface area contributed by atoms with Crippen molar-refractivity contribution < 1.29 is 9.13 Å². The molecular weight excluding hydrogens is 231 g/mol. The van der Waals surface area contributed by atoms with Gasteiger partial charge in [0.1, 0.15) is 12.4 Å². The predicted octanol–water partition coefficient (Wildman–Crippen LogP) is 2.13. The average Bonchev–Trinajstić information content (AvgIpc) is 2.63. The van der Waals surface area contributed by atoms with Crippen LogP contribution >= 0.6 is 11.6 Å². The van der Waals surface area contributed by atoms with E-state index in [1.807, 2.05) is 0 Å². The summed E-state index contributed by atoms with van der Waals surface area (Å²) in [7, 11) is 0. The number of ether oxygens (including phenoxy) is 1. The lowest BCUT2D eigenvalue weighted by atomic mass is 10.1. The van der Waals surface area contributed by atoms with Crippen molar-refractivity contribution in [2.24, 2.45) is 10.7 Å². The maximum atomic E-state index is 13.4. The second kappa shape index (κ2) is 4.70. The number of benzene rings is 1. The Morgan fingerprint density at radius 2 is 2.38 bits per heavy atom. The Morgan fingerprint density at radius 1 is 1.56 bits per heavy atom. The molecule has 1 aliphatic rings. The molecule has 0 saturated heterocycles. The van der Waals surface area contributed by atoms with E-state index in [-0.39, 0.29) is 17.9 Å². The van der Waals surface area contributed by atoms with Crippen molar-refractivity contribution in [3.8, 4) is 0 Å². The number of nitrogens with zero attached hydrogens (tertiary/aromatic N) is 1. The topological polar surface area (TPSA) is 47.6 Å². The zero-order valence-corrected chi connectivity index (χ0v) is 9.38. The van der Waals surface area contributed by atoms with E-state index in [2.05, 4.69) is 4.99 Å². The first kappa shape index (κ1) is 11.2. The van der Waals surface area contributed by atoms with Crippen molar-refractivity contribution in [2.45, 2.75) is 18.9 Å². The molecule has 86 valence electrons. The second-order valence-electron chi connectivity index (χ2n) is 3.71. The van der Waals surface area contributed by atoms with Gasteiger partial charge in [-0.2, -0.15) is 0 Å². The highest BCUT2D eigenvalue weighted by Gasteiger charge is 2.16. The number of halogens is 2. The smallest absolute Gasteiger partial charge is 0.282 e. The van der Waals surface area contributed by atoms with Crippen LogP contribution in [0.25, 0.3) is 0 Å². The molecule has 0 spiro atoms. The number of rotatable bonds is 3. The molecule has 1 aromatic carbocycles. The van der Waals surface area contributed by atoms with Gasteiger partial charge in [0, 0.05) is 5.02 Å². The van der Waals surface area contributed by atoms with Crippen LogP contribution in [-0.4, -0.2) is 18.7 Å². The van der Waals surface area contributed by atoms with Crippen molar-refractivity contribution >= 4 is 17.6 Å². The number of aliphatic imine (C=N–C) groups is 1. The number of hydrogen-bond donors (Lipinski definition) is 1. The van der Waals surface area contributed by atoms with Crippen LogP contribution in [0.3, 0.4) is 0 Å². The second-order valence-corrected chi connectivity index (χ2v) is 4.14. The van der Waals surface area contributed by atoms with E-state index in [0.29, 0.717) is 23.6 Å². The summed E-state index contributed by atoms with van der Waals surface area (Å²) in [5, 5.41) is 0.410. The summed E-state index contributed by atoms with van der Waals surface area (Å²) in [6.45, 7) is 0.487. The molecule has 1 heterocycles. The van der Waals surface area contributed by atoms with Gasteiger partial charge in [-0.25, -0.2) is 9.38 Å². The van der Waals surface area contributed by atoms with Gasteiger partial charge in [-0.3, -0.25) is 0 Å². The monoisotopic (exact) mass is 242 g/mol. The van der Waals surface area contributed by atoms with E-state index in [1.165, 1.54) is 6.07 Å². The zero-order chi connectivity index (χ0) is 11.5. The van der Waals surface area contributed by atoms with Crippen LogP contribution < -0.4 is 5.73 Å². The van der Waals surface area contributed by atoms with Crippen molar-refractivity contribution in [1.82, 2.24) is 0 Å². The molecule has 1 aromatic rings. The SMILES string of the molecule is NC1=NC(CCc2ccc(Cl)cc2F)CO1. The summed E-state index contributed by atoms with van der Waals surface area (Å²) in [4.78, 5) is 4.07. The highest BCUT2D eigenvalue weighted by molar-refractivity contribution is 6.30. The van der Waals surface area contributed by atoms with Gasteiger partial charge in [-0.05, 0) is 30.5 Å². The van der Waals surface area contributed by atoms with Gasteiger partial charge in [-0.1, -0.05) is 17.7 Å². The van der Waals surface area contributed by atoms with Crippen LogP contribution in [0.5, 0.6) is 0 Å². The Morgan fingerprint density at radius 3 is 3.00 bits per heavy atom. The summed E-state index contributed by atoms with van der Waals surface area (Å²) in [6.07, 6.45) is 1.33. The molecule has 0 radical (unpaired) electrons. The standard InChI is InChI=1S/C11H12ClFN2O/c12-8-3-1-7(10(13)5-8)2-4-9-6-16-11(14)15-9/h1,3,5,9H,2,4,6H2,(H2,14,15). The molecular formula is C11H12ClFN2O. The predicted molar refractivity (Wildman–Crippen MR) is 61.1 cm³/mol. The molecule has 0 aromatic heterocycles. The lowest BCUT2D eigenvalue weighted by Crippen LogP contribution is -2.10. The number of hydrogen-bond acceptors (Lipinski definition) is 3. The van der Waals surface area contributed by atoms with Crippen molar-refractivity contribution in [3.05, 3.63) is 34.6 Å². The Bertz CT molecular complexity index is 422. The molecule has 1 atom stereocenters. The third kappa shape index (κ3) is 2.64. The summed E-state index contributed by atoms with van der Waals surface area (Å²) in [5.74, 6) is -0.275. The molecule has 0 saturated carbocycles. The molecule has 16 heavy (non-hydrogen) atoms. The van der Waals surface area contributed by atoms with Crippen LogP contribution in [0.15, 0.2) is 23.2 Å². The minimum absolute atomic E-state index is 0.0371. The van der Waals surface area contributed by atoms with E-state index in [4.69, 9.17) is 22.1 Å². The van der Waals surface area contributed by atoms with E-state index < -0.39 is 0 Å². The highest BCUT2D eigenvalue weighted by Crippen LogP contribution is 2.18.